The second-order valence-corrected chi connectivity index (χ2v) is 7.06. The van der Waals surface area contributed by atoms with Crippen LogP contribution >= 0.6 is 0 Å². The summed E-state index contributed by atoms with van der Waals surface area (Å²) in [6, 6.07) is 21.6. The monoisotopic (exact) mass is 471 g/mol. The van der Waals surface area contributed by atoms with Gasteiger partial charge in [0.15, 0.2) is 0 Å². The number of pyridine rings is 1. The van der Waals surface area contributed by atoms with E-state index in [0.717, 1.165) is 26.2 Å². The average Bonchev–Trinajstić information content (AvgIpc) is 2.69. The lowest BCUT2D eigenvalue weighted by Gasteiger charge is -2.34. The van der Waals surface area contributed by atoms with Gasteiger partial charge in [-0.2, -0.15) is 4.57 Å². The first-order valence-corrected chi connectivity index (χ1v) is 9.31. The summed E-state index contributed by atoms with van der Waals surface area (Å²) in [5, 5.41) is 1.33. The summed E-state index contributed by atoms with van der Waals surface area (Å²) in [6.07, 6.45) is 4.42. The Hall–Kier alpha value is -1.92. The molecular formula is C23H26IN3. The fraction of sp³-hybridized carbons (Fsp3) is 0.261. The lowest BCUT2D eigenvalue weighted by atomic mass is 10.1. The Morgan fingerprint density at radius 3 is 2.26 bits per heavy atom. The van der Waals surface area contributed by atoms with Crippen molar-refractivity contribution in [2.24, 2.45) is 7.05 Å². The van der Waals surface area contributed by atoms with Crippen LogP contribution in [0.2, 0.25) is 0 Å². The Labute approximate surface area is 178 Å². The van der Waals surface area contributed by atoms with Crippen LogP contribution in [0.25, 0.3) is 23.1 Å². The Morgan fingerprint density at radius 1 is 0.852 bits per heavy atom. The molecule has 1 saturated heterocycles. The van der Waals surface area contributed by atoms with Crippen LogP contribution in [-0.2, 0) is 7.05 Å². The highest BCUT2D eigenvalue weighted by molar-refractivity contribution is 5.91. The van der Waals surface area contributed by atoms with Crippen LogP contribution in [0.4, 0.5) is 5.69 Å². The van der Waals surface area contributed by atoms with Gasteiger partial charge in [0.25, 0.3) is 0 Å². The van der Waals surface area contributed by atoms with Gasteiger partial charge >= 0.3 is 0 Å². The molecular weight excluding hydrogens is 445 g/mol. The molecule has 1 aliphatic rings. The first-order chi connectivity index (χ1) is 12.7. The van der Waals surface area contributed by atoms with Crippen LogP contribution in [0, 0.1) is 0 Å². The van der Waals surface area contributed by atoms with Crippen molar-refractivity contribution in [2.45, 2.75) is 0 Å². The maximum Gasteiger partial charge on any atom is 0.214 e. The summed E-state index contributed by atoms with van der Waals surface area (Å²) in [4.78, 5) is 4.93. The van der Waals surface area contributed by atoms with Crippen molar-refractivity contribution in [2.75, 3.05) is 38.1 Å². The van der Waals surface area contributed by atoms with Crippen molar-refractivity contribution in [1.29, 1.82) is 0 Å². The lowest BCUT2D eigenvalue weighted by Crippen LogP contribution is -3.00. The van der Waals surface area contributed by atoms with E-state index < -0.39 is 0 Å². The zero-order valence-corrected chi connectivity index (χ0v) is 18.1. The van der Waals surface area contributed by atoms with Gasteiger partial charge in [-0.05, 0) is 24.8 Å². The number of rotatable bonds is 3. The van der Waals surface area contributed by atoms with Gasteiger partial charge in [-0.25, -0.2) is 0 Å². The largest absolute Gasteiger partial charge is 1.00 e. The Kier molecular flexibility index (Phi) is 6.50. The molecule has 2 heterocycles. The number of halogens is 1. The number of para-hydroxylation sites is 1. The summed E-state index contributed by atoms with van der Waals surface area (Å²) in [5.41, 5.74) is 5.07. The van der Waals surface area contributed by atoms with Crippen molar-refractivity contribution in [3.63, 3.8) is 0 Å². The highest BCUT2D eigenvalue weighted by atomic mass is 127. The molecule has 0 N–H and O–H groups in total. The maximum atomic E-state index is 2.53. The predicted molar refractivity (Wildman–Crippen MR) is 110 cm³/mol. The summed E-state index contributed by atoms with van der Waals surface area (Å²) in [6.45, 7) is 4.39. The number of likely N-dealkylation sites (N-methyl/N-ethyl adjacent to an activating group) is 1. The number of hydrogen-bond donors (Lipinski definition) is 0. The van der Waals surface area contributed by atoms with E-state index in [0.29, 0.717) is 0 Å². The number of hydrogen-bond acceptors (Lipinski definition) is 2. The van der Waals surface area contributed by atoms with Crippen LogP contribution < -0.4 is 33.4 Å². The van der Waals surface area contributed by atoms with Crippen LogP contribution in [0.3, 0.4) is 0 Å². The zero-order chi connectivity index (χ0) is 17.9. The molecule has 0 radical (unpaired) electrons. The molecule has 140 valence electrons. The van der Waals surface area contributed by atoms with Crippen LogP contribution in [0.15, 0.2) is 60.7 Å². The van der Waals surface area contributed by atoms with Gasteiger partial charge < -0.3 is 33.8 Å². The van der Waals surface area contributed by atoms with Gasteiger partial charge in [-0.1, -0.05) is 42.5 Å². The molecule has 0 spiro atoms. The molecule has 3 nitrogen and oxygen atoms in total. The number of nitrogens with zero attached hydrogens (tertiary/aromatic N) is 3. The van der Waals surface area contributed by atoms with Crippen molar-refractivity contribution in [1.82, 2.24) is 4.90 Å². The zero-order valence-electron chi connectivity index (χ0n) is 16.0. The first kappa shape index (κ1) is 19.8. The van der Waals surface area contributed by atoms with Crippen molar-refractivity contribution >= 4 is 28.7 Å². The summed E-state index contributed by atoms with van der Waals surface area (Å²) in [7, 11) is 4.36. The van der Waals surface area contributed by atoms with Gasteiger partial charge in [-0.3, -0.25) is 0 Å². The fourth-order valence-corrected chi connectivity index (χ4v) is 3.65. The van der Waals surface area contributed by atoms with Gasteiger partial charge in [0.2, 0.25) is 11.2 Å². The highest BCUT2D eigenvalue weighted by Crippen LogP contribution is 2.27. The number of fused-ring (bicyclic) bond motifs is 1. The minimum absolute atomic E-state index is 0. The van der Waals surface area contributed by atoms with Gasteiger partial charge in [0.1, 0.15) is 7.05 Å². The molecule has 1 aromatic heterocycles. The quantitative estimate of drug-likeness (QED) is 0.409. The lowest BCUT2D eigenvalue weighted by molar-refractivity contribution is -0.646. The Bertz CT molecular complexity index is 929. The SMILES string of the molecule is CN1CCN(c2cc(/C=C/c3ccccc3)[n+](C)c3ccccc23)CC1.[I-]. The van der Waals surface area contributed by atoms with Gasteiger partial charge in [0.05, 0.1) is 11.1 Å². The molecule has 0 unspecified atom stereocenters. The van der Waals surface area contributed by atoms with E-state index in [1.54, 1.807) is 0 Å². The third-order valence-corrected chi connectivity index (χ3v) is 5.30. The smallest absolute Gasteiger partial charge is 0.214 e. The number of benzene rings is 2. The van der Waals surface area contributed by atoms with E-state index in [1.165, 1.54) is 27.8 Å². The molecule has 1 fully saturated rings. The van der Waals surface area contributed by atoms with E-state index in [1.807, 2.05) is 0 Å². The predicted octanol–water partition coefficient (Wildman–Crippen LogP) is 0.591. The van der Waals surface area contributed by atoms with Crippen molar-refractivity contribution in [3.05, 3.63) is 71.9 Å². The highest BCUT2D eigenvalue weighted by Gasteiger charge is 2.21. The van der Waals surface area contributed by atoms with Crippen LogP contribution in [0.1, 0.15) is 11.3 Å². The fourth-order valence-electron chi connectivity index (χ4n) is 3.65. The third kappa shape index (κ3) is 4.33. The van der Waals surface area contributed by atoms with E-state index in [-0.39, 0.29) is 24.0 Å². The van der Waals surface area contributed by atoms with E-state index >= 15 is 0 Å². The molecule has 3 aromatic rings. The third-order valence-electron chi connectivity index (χ3n) is 5.30. The molecule has 4 rings (SSSR count). The minimum atomic E-state index is 0. The number of piperazine rings is 1. The number of anilines is 1. The minimum Gasteiger partial charge on any atom is -1.00 e. The average molecular weight is 471 g/mol. The first-order valence-electron chi connectivity index (χ1n) is 9.31. The topological polar surface area (TPSA) is 10.4 Å². The molecule has 2 aromatic carbocycles. The molecule has 0 atom stereocenters. The summed E-state index contributed by atoms with van der Waals surface area (Å²) < 4.78 is 2.29. The van der Waals surface area contributed by atoms with E-state index in [9.17, 15) is 0 Å². The summed E-state index contributed by atoms with van der Waals surface area (Å²) >= 11 is 0. The molecule has 0 bridgehead atoms. The van der Waals surface area contributed by atoms with E-state index in [4.69, 9.17) is 0 Å². The number of aryl methyl sites for hydroxylation is 1. The van der Waals surface area contributed by atoms with Gasteiger partial charge in [0, 0.05) is 44.4 Å². The second-order valence-electron chi connectivity index (χ2n) is 7.06. The molecule has 1 aliphatic heterocycles. The van der Waals surface area contributed by atoms with Crippen molar-refractivity contribution < 1.29 is 28.5 Å². The molecule has 0 aliphatic carbocycles. The van der Waals surface area contributed by atoms with Crippen molar-refractivity contribution in [3.8, 4) is 0 Å². The van der Waals surface area contributed by atoms with E-state index in [2.05, 4.69) is 101 Å². The second kappa shape index (κ2) is 8.85. The number of aromatic nitrogens is 1. The molecule has 4 heteroatoms. The molecule has 27 heavy (non-hydrogen) atoms. The van der Waals surface area contributed by atoms with Crippen LogP contribution in [-0.4, -0.2) is 38.1 Å². The maximum absolute atomic E-state index is 2.53. The Morgan fingerprint density at radius 2 is 1.52 bits per heavy atom. The van der Waals surface area contributed by atoms with Crippen LogP contribution in [0.5, 0.6) is 0 Å². The molecule has 0 saturated carbocycles. The Balaban J connectivity index is 0.00000210. The molecule has 0 amide bonds. The van der Waals surface area contributed by atoms with Gasteiger partial charge in [-0.15, -0.1) is 0 Å². The standard InChI is InChI=1S/C23H26N3.HI/c1-24-14-16-26(17-15-24)23-18-20(13-12-19-8-4-3-5-9-19)25(2)22-11-7-6-10-21(22)23;/h3-13,18H,14-17H2,1-2H3;1H/q+1;/p-1/b13-12+;. The summed E-state index contributed by atoms with van der Waals surface area (Å²) in [5.74, 6) is 0. The normalized spacial score (nSPS) is 15.3.